The normalized spacial score (nSPS) is 10.9. The Kier molecular flexibility index (Phi) is 2.46. The van der Waals surface area contributed by atoms with Gasteiger partial charge in [0.2, 0.25) is 5.91 Å². The molecule has 0 aliphatic rings. The standard InChI is InChI=1S/C12H10N2O/c13-12(15)6-4-9-3-5-11-10(8-9)2-1-7-14-11/h1-8H,(H2,13,15). The van der Waals surface area contributed by atoms with Crippen LogP contribution in [0, 0.1) is 0 Å². The zero-order chi connectivity index (χ0) is 10.7. The third-order valence-electron chi connectivity index (χ3n) is 2.07. The lowest BCUT2D eigenvalue weighted by molar-refractivity contribution is -0.113. The summed E-state index contributed by atoms with van der Waals surface area (Å²) in [5.41, 5.74) is 6.89. The Balaban J connectivity index is 2.43. The maximum atomic E-state index is 10.6. The fourth-order valence-electron chi connectivity index (χ4n) is 1.38. The topological polar surface area (TPSA) is 56.0 Å². The van der Waals surface area contributed by atoms with E-state index in [9.17, 15) is 4.79 Å². The molecule has 0 saturated carbocycles. The minimum atomic E-state index is -0.443. The van der Waals surface area contributed by atoms with Crippen LogP contribution in [0.3, 0.4) is 0 Å². The minimum Gasteiger partial charge on any atom is -0.366 e. The first-order valence-corrected chi connectivity index (χ1v) is 4.58. The maximum Gasteiger partial charge on any atom is 0.241 e. The molecule has 0 aliphatic carbocycles. The fourth-order valence-corrected chi connectivity index (χ4v) is 1.38. The lowest BCUT2D eigenvalue weighted by Gasteiger charge is -1.97. The molecule has 1 amide bonds. The summed E-state index contributed by atoms with van der Waals surface area (Å²) in [4.78, 5) is 14.8. The molecular formula is C12H10N2O. The summed E-state index contributed by atoms with van der Waals surface area (Å²) in [5, 5.41) is 1.05. The second-order valence-electron chi connectivity index (χ2n) is 3.19. The monoisotopic (exact) mass is 198 g/mol. The molecule has 0 spiro atoms. The van der Waals surface area contributed by atoms with E-state index in [2.05, 4.69) is 4.98 Å². The number of aromatic nitrogens is 1. The zero-order valence-electron chi connectivity index (χ0n) is 8.05. The lowest BCUT2D eigenvalue weighted by atomic mass is 10.1. The molecular weight excluding hydrogens is 188 g/mol. The van der Waals surface area contributed by atoms with Crippen molar-refractivity contribution in [3.8, 4) is 0 Å². The number of amides is 1. The van der Waals surface area contributed by atoms with E-state index in [4.69, 9.17) is 5.73 Å². The van der Waals surface area contributed by atoms with Gasteiger partial charge in [0.1, 0.15) is 0 Å². The molecule has 0 radical (unpaired) electrons. The van der Waals surface area contributed by atoms with Gasteiger partial charge in [0.25, 0.3) is 0 Å². The number of rotatable bonds is 2. The predicted octanol–water partition coefficient (Wildman–Crippen LogP) is 1.73. The largest absolute Gasteiger partial charge is 0.366 e. The van der Waals surface area contributed by atoms with Gasteiger partial charge in [-0.1, -0.05) is 12.1 Å². The highest BCUT2D eigenvalue weighted by atomic mass is 16.1. The first-order valence-electron chi connectivity index (χ1n) is 4.58. The number of nitrogens with two attached hydrogens (primary N) is 1. The van der Waals surface area contributed by atoms with Crippen molar-refractivity contribution in [1.82, 2.24) is 4.98 Å². The summed E-state index contributed by atoms with van der Waals surface area (Å²) in [6, 6.07) is 9.63. The number of carbonyl (C=O) groups is 1. The van der Waals surface area contributed by atoms with Crippen LogP contribution in [0.1, 0.15) is 5.56 Å². The van der Waals surface area contributed by atoms with Crippen molar-refractivity contribution in [2.24, 2.45) is 5.73 Å². The molecule has 15 heavy (non-hydrogen) atoms. The summed E-state index contributed by atoms with van der Waals surface area (Å²) in [6.45, 7) is 0. The number of pyridine rings is 1. The molecule has 1 aromatic heterocycles. The molecule has 0 saturated heterocycles. The molecule has 3 heteroatoms. The van der Waals surface area contributed by atoms with Gasteiger partial charge in [-0.3, -0.25) is 9.78 Å². The van der Waals surface area contributed by atoms with Crippen LogP contribution in [0.2, 0.25) is 0 Å². The van der Waals surface area contributed by atoms with Crippen LogP contribution in [0.15, 0.2) is 42.6 Å². The number of hydrogen-bond donors (Lipinski definition) is 1. The first-order chi connectivity index (χ1) is 7.25. The van der Waals surface area contributed by atoms with Gasteiger partial charge in [-0.05, 0) is 29.8 Å². The third-order valence-corrected chi connectivity index (χ3v) is 2.07. The highest BCUT2D eigenvalue weighted by molar-refractivity contribution is 5.91. The SMILES string of the molecule is NC(=O)C=Cc1ccc2ncccc2c1. The fraction of sp³-hybridized carbons (Fsp3) is 0. The molecule has 1 heterocycles. The van der Waals surface area contributed by atoms with E-state index in [-0.39, 0.29) is 0 Å². The molecule has 74 valence electrons. The number of carbonyl (C=O) groups excluding carboxylic acids is 1. The highest BCUT2D eigenvalue weighted by Gasteiger charge is 1.94. The van der Waals surface area contributed by atoms with Crippen LogP contribution in [0.4, 0.5) is 0 Å². The lowest BCUT2D eigenvalue weighted by Crippen LogP contribution is -2.05. The molecule has 0 atom stereocenters. The number of nitrogens with zero attached hydrogens (tertiary/aromatic N) is 1. The van der Waals surface area contributed by atoms with Crippen LogP contribution < -0.4 is 5.73 Å². The van der Waals surface area contributed by atoms with Crippen LogP contribution in [-0.4, -0.2) is 10.9 Å². The molecule has 1 aromatic carbocycles. The average Bonchev–Trinajstić information content (AvgIpc) is 2.26. The molecule has 2 N–H and O–H groups in total. The van der Waals surface area contributed by atoms with Gasteiger partial charge in [0.15, 0.2) is 0 Å². The highest BCUT2D eigenvalue weighted by Crippen LogP contribution is 2.14. The van der Waals surface area contributed by atoms with Crippen molar-refractivity contribution in [2.45, 2.75) is 0 Å². The molecule has 0 fully saturated rings. The number of hydrogen-bond acceptors (Lipinski definition) is 2. The third kappa shape index (κ3) is 2.20. The van der Waals surface area contributed by atoms with Gasteiger partial charge >= 0.3 is 0 Å². The second-order valence-corrected chi connectivity index (χ2v) is 3.19. The molecule has 0 aliphatic heterocycles. The van der Waals surface area contributed by atoms with Gasteiger partial charge in [0, 0.05) is 17.7 Å². The summed E-state index contributed by atoms with van der Waals surface area (Å²) >= 11 is 0. The maximum absolute atomic E-state index is 10.6. The Labute approximate surface area is 87.2 Å². The van der Waals surface area contributed by atoms with Crippen LogP contribution in [-0.2, 0) is 4.79 Å². The van der Waals surface area contributed by atoms with Crippen molar-refractivity contribution in [3.05, 3.63) is 48.2 Å². The summed E-state index contributed by atoms with van der Waals surface area (Å²) in [5.74, 6) is -0.443. The molecule has 2 aromatic rings. The minimum absolute atomic E-state index is 0.443. The van der Waals surface area contributed by atoms with E-state index >= 15 is 0 Å². The Morgan fingerprint density at radius 1 is 1.33 bits per heavy atom. The number of fused-ring (bicyclic) bond motifs is 1. The van der Waals surface area contributed by atoms with Gasteiger partial charge in [-0.2, -0.15) is 0 Å². The molecule has 3 nitrogen and oxygen atoms in total. The van der Waals surface area contributed by atoms with Crippen molar-refractivity contribution >= 4 is 22.9 Å². The first kappa shape index (κ1) is 9.40. The summed E-state index contributed by atoms with van der Waals surface area (Å²) in [6.07, 6.45) is 4.79. The number of benzene rings is 1. The van der Waals surface area contributed by atoms with Crippen LogP contribution >= 0.6 is 0 Å². The van der Waals surface area contributed by atoms with E-state index < -0.39 is 5.91 Å². The molecule has 2 rings (SSSR count). The predicted molar refractivity (Wildman–Crippen MR) is 60.0 cm³/mol. The van der Waals surface area contributed by atoms with Crippen LogP contribution in [0.5, 0.6) is 0 Å². The van der Waals surface area contributed by atoms with Gasteiger partial charge in [-0.15, -0.1) is 0 Å². The molecule has 0 bridgehead atoms. The van der Waals surface area contributed by atoms with Gasteiger partial charge in [0.05, 0.1) is 5.52 Å². The van der Waals surface area contributed by atoms with Crippen molar-refractivity contribution in [1.29, 1.82) is 0 Å². The van der Waals surface area contributed by atoms with Crippen molar-refractivity contribution < 1.29 is 4.79 Å². The van der Waals surface area contributed by atoms with E-state index in [1.54, 1.807) is 12.3 Å². The van der Waals surface area contributed by atoms with Crippen LogP contribution in [0.25, 0.3) is 17.0 Å². The van der Waals surface area contributed by atoms with Gasteiger partial charge in [-0.25, -0.2) is 0 Å². The Morgan fingerprint density at radius 2 is 2.20 bits per heavy atom. The Morgan fingerprint density at radius 3 is 3.00 bits per heavy atom. The van der Waals surface area contributed by atoms with E-state index in [1.165, 1.54) is 6.08 Å². The Hall–Kier alpha value is -2.16. The van der Waals surface area contributed by atoms with Gasteiger partial charge < -0.3 is 5.73 Å². The smallest absolute Gasteiger partial charge is 0.241 e. The number of primary amides is 1. The van der Waals surface area contributed by atoms with Crippen molar-refractivity contribution in [2.75, 3.05) is 0 Å². The van der Waals surface area contributed by atoms with E-state index in [0.717, 1.165) is 16.5 Å². The summed E-state index contributed by atoms with van der Waals surface area (Å²) in [7, 11) is 0. The second kappa shape index (κ2) is 3.92. The molecule has 0 unspecified atom stereocenters. The Bertz CT molecular complexity index is 532. The van der Waals surface area contributed by atoms with E-state index in [1.807, 2.05) is 30.3 Å². The van der Waals surface area contributed by atoms with Crippen molar-refractivity contribution in [3.63, 3.8) is 0 Å². The zero-order valence-corrected chi connectivity index (χ0v) is 8.05. The quantitative estimate of drug-likeness (QED) is 0.747. The summed E-state index contributed by atoms with van der Waals surface area (Å²) < 4.78 is 0. The average molecular weight is 198 g/mol. The van der Waals surface area contributed by atoms with E-state index in [0.29, 0.717) is 0 Å².